The molecule has 1 aromatic carbocycles. The van der Waals surface area contributed by atoms with Gasteiger partial charge in [-0.3, -0.25) is 9.59 Å². The number of thioether (sulfide) groups is 1. The van der Waals surface area contributed by atoms with Gasteiger partial charge in [0, 0.05) is 29.9 Å². The van der Waals surface area contributed by atoms with Crippen LogP contribution in [-0.2, 0) is 20.9 Å². The van der Waals surface area contributed by atoms with Crippen molar-refractivity contribution in [2.75, 3.05) is 7.11 Å². The number of esters is 1. The highest BCUT2D eigenvalue weighted by Gasteiger charge is 2.20. The SMILES string of the molecule is COC(=O)C(C)NC(=O)c1ccccc1SC(=O)CCCC[n+]1ccccc1. The minimum atomic E-state index is -0.762. The number of hydrogen-bond donors (Lipinski definition) is 1. The molecule has 1 aromatic heterocycles. The number of nitrogens with one attached hydrogen (secondary N) is 1. The highest BCUT2D eigenvalue weighted by atomic mass is 32.2. The standard InChI is InChI=1S/C21H24N2O4S/c1-16(21(26)27-2)22-20(25)17-10-4-5-11-18(17)28-19(24)12-6-9-15-23-13-7-3-8-14-23/h3-5,7-8,10-11,13-14,16H,6,9,12,15H2,1-2H3/p+1. The first-order chi connectivity index (χ1) is 13.5. The number of carbonyl (C=O) groups excluding carboxylic acids is 3. The van der Waals surface area contributed by atoms with E-state index in [2.05, 4.69) is 14.6 Å². The third-order valence-electron chi connectivity index (χ3n) is 4.08. The summed E-state index contributed by atoms with van der Waals surface area (Å²) in [6, 6.07) is 12.0. The van der Waals surface area contributed by atoms with E-state index in [4.69, 9.17) is 0 Å². The van der Waals surface area contributed by atoms with Crippen molar-refractivity contribution in [3.8, 4) is 0 Å². The molecule has 0 saturated heterocycles. The van der Waals surface area contributed by atoms with Crippen LogP contribution in [0.1, 0.15) is 36.5 Å². The molecule has 2 aromatic rings. The van der Waals surface area contributed by atoms with Gasteiger partial charge < -0.3 is 10.1 Å². The van der Waals surface area contributed by atoms with Crippen LogP contribution in [0.3, 0.4) is 0 Å². The molecule has 0 aliphatic carbocycles. The molecule has 1 heterocycles. The predicted molar refractivity (Wildman–Crippen MR) is 107 cm³/mol. The lowest BCUT2D eigenvalue weighted by molar-refractivity contribution is -0.697. The highest BCUT2D eigenvalue weighted by Crippen LogP contribution is 2.25. The van der Waals surface area contributed by atoms with Crippen LogP contribution in [0.25, 0.3) is 0 Å². The molecule has 0 radical (unpaired) electrons. The molecule has 7 heteroatoms. The number of unbranched alkanes of at least 4 members (excludes halogenated alkanes) is 1. The summed E-state index contributed by atoms with van der Waals surface area (Å²) in [6.07, 6.45) is 6.12. The Morgan fingerprint density at radius 2 is 1.79 bits per heavy atom. The van der Waals surface area contributed by atoms with Crippen LogP contribution in [-0.4, -0.2) is 30.1 Å². The number of methoxy groups -OCH3 is 1. The molecule has 6 nitrogen and oxygen atoms in total. The fraction of sp³-hybridized carbons (Fsp3) is 0.333. The van der Waals surface area contributed by atoms with Gasteiger partial charge in [0.1, 0.15) is 12.6 Å². The summed E-state index contributed by atoms with van der Waals surface area (Å²) >= 11 is 1.06. The molecule has 2 rings (SSSR count). The molecule has 1 atom stereocenters. The van der Waals surface area contributed by atoms with E-state index in [9.17, 15) is 14.4 Å². The van der Waals surface area contributed by atoms with E-state index in [0.717, 1.165) is 31.1 Å². The lowest BCUT2D eigenvalue weighted by atomic mass is 10.2. The van der Waals surface area contributed by atoms with Crippen molar-refractivity contribution in [1.29, 1.82) is 0 Å². The molecule has 0 spiro atoms. The van der Waals surface area contributed by atoms with Crippen molar-refractivity contribution in [3.05, 3.63) is 60.4 Å². The summed E-state index contributed by atoms with van der Waals surface area (Å²) < 4.78 is 6.70. The second-order valence-electron chi connectivity index (χ2n) is 6.26. The molecular weight excluding hydrogens is 376 g/mol. The van der Waals surface area contributed by atoms with Crippen molar-refractivity contribution in [2.24, 2.45) is 0 Å². The number of pyridine rings is 1. The zero-order valence-electron chi connectivity index (χ0n) is 16.1. The predicted octanol–water partition coefficient (Wildman–Crippen LogP) is 2.75. The number of ether oxygens (including phenoxy) is 1. The summed E-state index contributed by atoms with van der Waals surface area (Å²) in [5.74, 6) is -0.930. The van der Waals surface area contributed by atoms with Crippen LogP contribution in [0, 0.1) is 0 Å². The van der Waals surface area contributed by atoms with Crippen molar-refractivity contribution < 1.29 is 23.7 Å². The Kier molecular flexibility index (Phi) is 8.68. The van der Waals surface area contributed by atoms with E-state index >= 15 is 0 Å². The van der Waals surface area contributed by atoms with Crippen molar-refractivity contribution in [2.45, 2.75) is 43.7 Å². The van der Waals surface area contributed by atoms with Gasteiger partial charge in [-0.05, 0) is 25.5 Å². The molecule has 1 unspecified atom stereocenters. The van der Waals surface area contributed by atoms with Gasteiger partial charge in [0.05, 0.1) is 12.7 Å². The van der Waals surface area contributed by atoms with Crippen LogP contribution < -0.4 is 9.88 Å². The number of rotatable bonds is 9. The number of nitrogens with zero attached hydrogens (tertiary/aromatic N) is 1. The summed E-state index contributed by atoms with van der Waals surface area (Å²) in [7, 11) is 1.27. The molecule has 0 aliphatic rings. The summed E-state index contributed by atoms with van der Waals surface area (Å²) in [4.78, 5) is 36.8. The maximum absolute atomic E-state index is 12.4. The Bertz CT molecular complexity index is 811. The lowest BCUT2D eigenvalue weighted by Gasteiger charge is -2.13. The van der Waals surface area contributed by atoms with Crippen LogP contribution in [0.4, 0.5) is 0 Å². The minimum absolute atomic E-state index is 0.0133. The third kappa shape index (κ3) is 6.81. The summed E-state index contributed by atoms with van der Waals surface area (Å²) in [5.41, 5.74) is 0.372. The maximum atomic E-state index is 12.4. The number of amides is 1. The number of aryl methyl sites for hydroxylation is 1. The van der Waals surface area contributed by atoms with E-state index in [-0.39, 0.29) is 5.12 Å². The average Bonchev–Trinajstić information content (AvgIpc) is 2.71. The average molecular weight is 402 g/mol. The number of hydrogen-bond acceptors (Lipinski definition) is 5. The zero-order valence-corrected chi connectivity index (χ0v) is 16.9. The number of benzene rings is 1. The molecule has 1 amide bonds. The topological polar surface area (TPSA) is 76.3 Å². The molecule has 0 fully saturated rings. The van der Waals surface area contributed by atoms with Gasteiger partial charge in [-0.2, -0.15) is 0 Å². The third-order valence-corrected chi connectivity index (χ3v) is 5.09. The molecule has 0 saturated carbocycles. The molecule has 0 aliphatic heterocycles. The van der Waals surface area contributed by atoms with E-state index < -0.39 is 17.9 Å². The smallest absolute Gasteiger partial charge is 0.328 e. The molecule has 1 N–H and O–H groups in total. The van der Waals surface area contributed by atoms with Gasteiger partial charge in [-0.15, -0.1) is 0 Å². The van der Waals surface area contributed by atoms with E-state index in [1.807, 2.05) is 30.6 Å². The van der Waals surface area contributed by atoms with Gasteiger partial charge in [0.25, 0.3) is 5.91 Å². The van der Waals surface area contributed by atoms with Crippen molar-refractivity contribution in [1.82, 2.24) is 5.32 Å². The lowest BCUT2D eigenvalue weighted by Crippen LogP contribution is -2.39. The molecule has 28 heavy (non-hydrogen) atoms. The second-order valence-corrected chi connectivity index (χ2v) is 7.36. The maximum Gasteiger partial charge on any atom is 0.328 e. The fourth-order valence-electron chi connectivity index (χ4n) is 2.57. The van der Waals surface area contributed by atoms with Gasteiger partial charge >= 0.3 is 5.97 Å². The zero-order chi connectivity index (χ0) is 20.4. The molecular formula is C21H25N2O4S+. The van der Waals surface area contributed by atoms with Crippen LogP contribution in [0.2, 0.25) is 0 Å². The second kappa shape index (κ2) is 11.2. The van der Waals surface area contributed by atoms with Gasteiger partial charge in [-0.1, -0.05) is 30.0 Å². The molecule has 148 valence electrons. The van der Waals surface area contributed by atoms with E-state index in [0.29, 0.717) is 16.9 Å². The Balaban J connectivity index is 1.86. The Morgan fingerprint density at radius 3 is 2.50 bits per heavy atom. The minimum Gasteiger partial charge on any atom is -0.467 e. The van der Waals surface area contributed by atoms with Gasteiger partial charge in [-0.25, -0.2) is 9.36 Å². The first-order valence-electron chi connectivity index (χ1n) is 9.13. The van der Waals surface area contributed by atoms with Crippen LogP contribution in [0.5, 0.6) is 0 Å². The summed E-state index contributed by atoms with van der Waals surface area (Å²) in [6.45, 7) is 2.42. The van der Waals surface area contributed by atoms with Crippen LogP contribution in [0.15, 0.2) is 59.8 Å². The van der Waals surface area contributed by atoms with E-state index in [1.165, 1.54) is 7.11 Å². The van der Waals surface area contributed by atoms with E-state index in [1.54, 1.807) is 31.2 Å². The number of aromatic nitrogens is 1. The Hall–Kier alpha value is -2.67. The largest absolute Gasteiger partial charge is 0.467 e. The quantitative estimate of drug-likeness (QED) is 0.303. The monoisotopic (exact) mass is 401 g/mol. The van der Waals surface area contributed by atoms with Crippen LogP contribution >= 0.6 is 11.8 Å². The van der Waals surface area contributed by atoms with Gasteiger partial charge in [0.2, 0.25) is 0 Å². The molecule has 0 bridgehead atoms. The van der Waals surface area contributed by atoms with Crippen molar-refractivity contribution >= 4 is 28.8 Å². The van der Waals surface area contributed by atoms with Crippen molar-refractivity contribution in [3.63, 3.8) is 0 Å². The fourth-order valence-corrected chi connectivity index (χ4v) is 3.48. The highest BCUT2D eigenvalue weighted by molar-refractivity contribution is 8.13. The van der Waals surface area contributed by atoms with Gasteiger partial charge in [0.15, 0.2) is 17.5 Å². The number of carbonyl (C=O) groups is 3. The first kappa shape index (κ1) is 21.6. The summed E-state index contributed by atoms with van der Waals surface area (Å²) in [5, 5.41) is 2.60. The normalized spacial score (nSPS) is 11.5. The Labute approximate surface area is 169 Å². The first-order valence-corrected chi connectivity index (χ1v) is 9.95. The Morgan fingerprint density at radius 1 is 1.07 bits per heavy atom.